The maximum Gasteiger partial charge on any atom is 0.0641 e. The molecule has 0 fully saturated rings. The van der Waals surface area contributed by atoms with E-state index in [1.54, 1.807) is 0 Å². The molecule has 0 saturated heterocycles. The third-order valence-electron chi connectivity index (χ3n) is 3.07. The summed E-state index contributed by atoms with van der Waals surface area (Å²) in [4.78, 5) is 0. The van der Waals surface area contributed by atoms with Crippen molar-refractivity contribution in [3.63, 3.8) is 0 Å². The summed E-state index contributed by atoms with van der Waals surface area (Å²) < 4.78 is 0. The van der Waals surface area contributed by atoms with Crippen LogP contribution in [0.15, 0.2) is 0 Å². The predicted molar refractivity (Wildman–Crippen MR) is 50.9 cm³/mol. The van der Waals surface area contributed by atoms with Gasteiger partial charge in [-0.05, 0) is 12.3 Å². The van der Waals surface area contributed by atoms with Gasteiger partial charge in [-0.3, -0.25) is 0 Å². The maximum atomic E-state index is 9.88. The van der Waals surface area contributed by atoms with Crippen LogP contribution < -0.4 is 0 Å². The lowest BCUT2D eigenvalue weighted by Gasteiger charge is -2.35. The molecule has 0 aromatic carbocycles. The molecule has 0 bridgehead atoms. The van der Waals surface area contributed by atoms with Crippen molar-refractivity contribution in [2.75, 3.05) is 6.61 Å². The summed E-state index contributed by atoms with van der Waals surface area (Å²) in [5.41, 5.74) is -0.324. The third kappa shape index (κ3) is 2.46. The predicted octanol–water partition coefficient (Wildman–Crippen LogP) is 1.80. The topological polar surface area (TPSA) is 40.5 Å². The zero-order chi connectivity index (χ0) is 9.78. The first-order valence-corrected chi connectivity index (χ1v) is 4.80. The molecule has 2 heteroatoms. The molecule has 0 saturated carbocycles. The van der Waals surface area contributed by atoms with Crippen LogP contribution in [0.1, 0.15) is 40.5 Å². The molecule has 0 amide bonds. The lowest BCUT2D eigenvalue weighted by molar-refractivity contribution is -0.0395. The summed E-state index contributed by atoms with van der Waals surface area (Å²) in [5, 5.41) is 19.0. The van der Waals surface area contributed by atoms with Crippen LogP contribution in [0.4, 0.5) is 0 Å². The smallest absolute Gasteiger partial charge is 0.0641 e. The van der Waals surface area contributed by atoms with E-state index in [1.165, 1.54) is 0 Å². The average Bonchev–Trinajstić information content (AvgIpc) is 2.14. The quantitative estimate of drug-likeness (QED) is 0.667. The number of aliphatic hydroxyl groups excluding tert-OH is 2. The minimum absolute atomic E-state index is 0.0645. The van der Waals surface area contributed by atoms with Gasteiger partial charge in [-0.25, -0.2) is 0 Å². The van der Waals surface area contributed by atoms with Gasteiger partial charge in [0.2, 0.25) is 0 Å². The van der Waals surface area contributed by atoms with Crippen LogP contribution in [-0.2, 0) is 0 Å². The molecule has 0 radical (unpaired) electrons. The zero-order valence-electron chi connectivity index (χ0n) is 8.67. The van der Waals surface area contributed by atoms with E-state index in [1.807, 2.05) is 20.8 Å². The van der Waals surface area contributed by atoms with Gasteiger partial charge in [0.1, 0.15) is 0 Å². The van der Waals surface area contributed by atoms with Crippen molar-refractivity contribution in [2.24, 2.45) is 11.3 Å². The van der Waals surface area contributed by atoms with E-state index >= 15 is 0 Å². The van der Waals surface area contributed by atoms with Crippen molar-refractivity contribution in [2.45, 2.75) is 46.6 Å². The number of hydrogen-bond donors (Lipinski definition) is 2. The van der Waals surface area contributed by atoms with Gasteiger partial charge in [0.05, 0.1) is 12.7 Å². The normalized spacial score (nSPS) is 21.5. The Bertz CT molecular complexity index is 119. The second-order valence-corrected chi connectivity index (χ2v) is 4.00. The fraction of sp³-hybridized carbons (Fsp3) is 1.00. The van der Waals surface area contributed by atoms with Crippen LogP contribution >= 0.6 is 0 Å². The second-order valence-electron chi connectivity index (χ2n) is 4.00. The van der Waals surface area contributed by atoms with Gasteiger partial charge in [-0.15, -0.1) is 0 Å². The van der Waals surface area contributed by atoms with Gasteiger partial charge in [0.15, 0.2) is 0 Å². The number of hydrogen-bond acceptors (Lipinski definition) is 2. The molecule has 0 aromatic heterocycles. The van der Waals surface area contributed by atoms with Gasteiger partial charge in [-0.2, -0.15) is 0 Å². The first kappa shape index (κ1) is 11.9. The van der Waals surface area contributed by atoms with E-state index in [0.717, 1.165) is 12.8 Å². The second kappa shape index (κ2) is 4.83. The van der Waals surface area contributed by atoms with Crippen LogP contribution in [0.25, 0.3) is 0 Å². The van der Waals surface area contributed by atoms with Crippen LogP contribution in [0, 0.1) is 11.3 Å². The summed E-state index contributed by atoms with van der Waals surface area (Å²) in [6.45, 7) is 8.08. The SMILES string of the molecule is CCC(C)C(O)C(C)(CC)CO. The van der Waals surface area contributed by atoms with Crippen molar-refractivity contribution in [1.29, 1.82) is 0 Å². The fourth-order valence-electron chi connectivity index (χ4n) is 1.32. The fourth-order valence-corrected chi connectivity index (χ4v) is 1.32. The highest BCUT2D eigenvalue weighted by Crippen LogP contribution is 2.30. The first-order valence-electron chi connectivity index (χ1n) is 4.80. The summed E-state index contributed by atoms with van der Waals surface area (Å²) in [6, 6.07) is 0. The Morgan fingerprint density at radius 1 is 1.33 bits per heavy atom. The van der Waals surface area contributed by atoms with Crippen LogP contribution in [0.2, 0.25) is 0 Å². The molecule has 2 nitrogen and oxygen atoms in total. The number of rotatable bonds is 5. The molecule has 3 atom stereocenters. The van der Waals surface area contributed by atoms with Gasteiger partial charge in [0, 0.05) is 5.41 Å². The molecule has 2 N–H and O–H groups in total. The largest absolute Gasteiger partial charge is 0.396 e. The molecule has 0 spiro atoms. The average molecular weight is 174 g/mol. The first-order chi connectivity index (χ1) is 5.51. The lowest BCUT2D eigenvalue weighted by atomic mass is 9.76. The summed E-state index contributed by atoms with van der Waals surface area (Å²) in [5.74, 6) is 0.266. The van der Waals surface area contributed by atoms with E-state index in [4.69, 9.17) is 5.11 Å². The highest BCUT2D eigenvalue weighted by molar-refractivity contribution is 4.83. The minimum Gasteiger partial charge on any atom is -0.396 e. The van der Waals surface area contributed by atoms with E-state index in [2.05, 4.69) is 6.92 Å². The van der Waals surface area contributed by atoms with E-state index in [0.29, 0.717) is 0 Å². The van der Waals surface area contributed by atoms with Crippen molar-refractivity contribution >= 4 is 0 Å². The Morgan fingerprint density at radius 2 is 1.83 bits per heavy atom. The van der Waals surface area contributed by atoms with Crippen LogP contribution in [0.3, 0.4) is 0 Å². The Hall–Kier alpha value is -0.0800. The summed E-state index contributed by atoms with van der Waals surface area (Å²) >= 11 is 0. The molecule has 0 aliphatic carbocycles. The molecule has 12 heavy (non-hydrogen) atoms. The van der Waals surface area contributed by atoms with E-state index in [-0.39, 0.29) is 17.9 Å². The third-order valence-corrected chi connectivity index (χ3v) is 3.07. The van der Waals surface area contributed by atoms with Crippen LogP contribution in [0.5, 0.6) is 0 Å². The molecule has 74 valence electrons. The molecular weight excluding hydrogens is 152 g/mol. The zero-order valence-corrected chi connectivity index (χ0v) is 8.67. The molecule has 0 rings (SSSR count). The van der Waals surface area contributed by atoms with Gasteiger partial charge in [0.25, 0.3) is 0 Å². The summed E-state index contributed by atoms with van der Waals surface area (Å²) in [7, 11) is 0. The maximum absolute atomic E-state index is 9.88. The Labute approximate surface area is 75.6 Å². The highest BCUT2D eigenvalue weighted by Gasteiger charge is 2.33. The van der Waals surface area contributed by atoms with Crippen molar-refractivity contribution in [1.82, 2.24) is 0 Å². The van der Waals surface area contributed by atoms with Crippen LogP contribution in [-0.4, -0.2) is 22.9 Å². The summed E-state index contributed by atoms with van der Waals surface area (Å²) in [6.07, 6.45) is 1.38. The lowest BCUT2D eigenvalue weighted by Crippen LogP contribution is -2.39. The molecule has 3 unspecified atom stereocenters. The van der Waals surface area contributed by atoms with Crippen molar-refractivity contribution < 1.29 is 10.2 Å². The minimum atomic E-state index is -0.391. The van der Waals surface area contributed by atoms with Crippen molar-refractivity contribution in [3.05, 3.63) is 0 Å². The monoisotopic (exact) mass is 174 g/mol. The Kier molecular flexibility index (Phi) is 4.80. The molecule has 0 aromatic rings. The number of aliphatic hydroxyl groups is 2. The van der Waals surface area contributed by atoms with Crippen molar-refractivity contribution in [3.8, 4) is 0 Å². The van der Waals surface area contributed by atoms with E-state index < -0.39 is 6.10 Å². The van der Waals surface area contributed by atoms with E-state index in [9.17, 15) is 5.11 Å². The standard InChI is InChI=1S/C10H22O2/c1-5-8(3)9(12)10(4,6-2)7-11/h8-9,11-12H,5-7H2,1-4H3. The van der Waals surface area contributed by atoms with Gasteiger partial charge in [-0.1, -0.05) is 34.1 Å². The van der Waals surface area contributed by atoms with Gasteiger partial charge >= 0.3 is 0 Å². The Morgan fingerprint density at radius 3 is 2.08 bits per heavy atom. The molecule has 0 aliphatic heterocycles. The highest BCUT2D eigenvalue weighted by atomic mass is 16.3. The molecular formula is C10H22O2. The molecule has 0 aliphatic rings. The Balaban J connectivity index is 4.29. The molecule has 0 heterocycles. The van der Waals surface area contributed by atoms with Gasteiger partial charge < -0.3 is 10.2 Å².